The van der Waals surface area contributed by atoms with Crippen molar-refractivity contribution in [2.24, 2.45) is 0 Å². The van der Waals surface area contributed by atoms with Gasteiger partial charge in [0, 0.05) is 6.20 Å². The number of methoxy groups -OCH3 is 1. The summed E-state index contributed by atoms with van der Waals surface area (Å²) in [4.78, 5) is 15.7. The molecule has 0 amide bonds. The molecule has 1 aliphatic carbocycles. The Morgan fingerprint density at radius 3 is 3.25 bits per heavy atom. The molecule has 0 spiro atoms. The van der Waals surface area contributed by atoms with E-state index in [4.69, 9.17) is 0 Å². The lowest BCUT2D eigenvalue weighted by Gasteiger charge is -2.17. The second kappa shape index (κ2) is 4.61. The Labute approximate surface area is 95.0 Å². The van der Waals surface area contributed by atoms with Crippen molar-refractivity contribution in [1.82, 2.24) is 10.3 Å². The lowest BCUT2D eigenvalue weighted by Crippen LogP contribution is -2.37. The molecule has 0 fully saturated rings. The van der Waals surface area contributed by atoms with E-state index in [-0.39, 0.29) is 18.1 Å². The third kappa shape index (κ3) is 2.07. The SMILES string of the molecule is COC(=O)[C@H](C)NC1CCc2cccnc21. The van der Waals surface area contributed by atoms with E-state index in [0.717, 1.165) is 18.5 Å². The third-order valence-electron chi connectivity index (χ3n) is 2.96. The first-order valence-corrected chi connectivity index (χ1v) is 5.50. The van der Waals surface area contributed by atoms with Crippen molar-refractivity contribution in [1.29, 1.82) is 0 Å². The summed E-state index contributed by atoms with van der Waals surface area (Å²) >= 11 is 0. The van der Waals surface area contributed by atoms with Crippen molar-refractivity contribution in [3.8, 4) is 0 Å². The molecule has 1 unspecified atom stereocenters. The van der Waals surface area contributed by atoms with Gasteiger partial charge >= 0.3 is 5.97 Å². The molecular weight excluding hydrogens is 204 g/mol. The Hall–Kier alpha value is -1.42. The number of hydrogen-bond donors (Lipinski definition) is 1. The molecule has 1 aromatic heterocycles. The maximum atomic E-state index is 11.3. The van der Waals surface area contributed by atoms with Gasteiger partial charge in [-0.3, -0.25) is 15.1 Å². The predicted molar refractivity (Wildman–Crippen MR) is 59.9 cm³/mol. The van der Waals surface area contributed by atoms with Crippen LogP contribution < -0.4 is 5.32 Å². The molecular formula is C12H16N2O2. The van der Waals surface area contributed by atoms with Crippen molar-refractivity contribution < 1.29 is 9.53 Å². The average Bonchev–Trinajstić information content (AvgIpc) is 2.72. The van der Waals surface area contributed by atoms with Crippen LogP contribution in [0, 0.1) is 0 Å². The molecule has 1 N–H and O–H groups in total. The molecule has 0 radical (unpaired) electrons. The van der Waals surface area contributed by atoms with E-state index in [1.54, 1.807) is 6.20 Å². The Balaban J connectivity index is 2.06. The van der Waals surface area contributed by atoms with Gasteiger partial charge in [-0.2, -0.15) is 0 Å². The fourth-order valence-electron chi connectivity index (χ4n) is 2.12. The highest BCUT2D eigenvalue weighted by molar-refractivity contribution is 5.75. The van der Waals surface area contributed by atoms with Crippen molar-refractivity contribution in [2.75, 3.05) is 7.11 Å². The number of ether oxygens (including phenoxy) is 1. The average molecular weight is 220 g/mol. The van der Waals surface area contributed by atoms with Crippen LogP contribution in [0.15, 0.2) is 18.3 Å². The second-order valence-electron chi connectivity index (χ2n) is 4.05. The fourth-order valence-corrected chi connectivity index (χ4v) is 2.12. The van der Waals surface area contributed by atoms with Crippen molar-refractivity contribution in [3.63, 3.8) is 0 Å². The van der Waals surface area contributed by atoms with Crippen LogP contribution in [0.3, 0.4) is 0 Å². The number of hydrogen-bond acceptors (Lipinski definition) is 4. The lowest BCUT2D eigenvalue weighted by atomic mass is 10.2. The minimum atomic E-state index is -0.289. The van der Waals surface area contributed by atoms with Gasteiger partial charge in [-0.15, -0.1) is 0 Å². The molecule has 2 atom stereocenters. The number of rotatable bonds is 3. The molecule has 0 aromatic carbocycles. The predicted octanol–water partition coefficient (Wildman–Crippen LogP) is 1.22. The number of aryl methyl sites for hydroxylation is 1. The summed E-state index contributed by atoms with van der Waals surface area (Å²) in [5, 5.41) is 3.25. The summed E-state index contributed by atoms with van der Waals surface area (Å²) in [6.07, 6.45) is 3.81. The van der Waals surface area contributed by atoms with E-state index >= 15 is 0 Å². The topological polar surface area (TPSA) is 51.2 Å². The summed E-state index contributed by atoms with van der Waals surface area (Å²) in [6.45, 7) is 1.81. The zero-order valence-corrected chi connectivity index (χ0v) is 9.56. The maximum Gasteiger partial charge on any atom is 0.322 e. The second-order valence-corrected chi connectivity index (χ2v) is 4.05. The zero-order chi connectivity index (χ0) is 11.5. The van der Waals surface area contributed by atoms with Crippen LogP contribution in [0.25, 0.3) is 0 Å². The minimum absolute atomic E-state index is 0.172. The van der Waals surface area contributed by atoms with Gasteiger partial charge in [-0.05, 0) is 31.4 Å². The van der Waals surface area contributed by atoms with Crippen molar-refractivity contribution in [2.45, 2.75) is 31.8 Å². The van der Waals surface area contributed by atoms with Gasteiger partial charge in [0.05, 0.1) is 18.8 Å². The molecule has 86 valence electrons. The Morgan fingerprint density at radius 2 is 2.50 bits per heavy atom. The van der Waals surface area contributed by atoms with Crippen LogP contribution in [0.5, 0.6) is 0 Å². The van der Waals surface area contributed by atoms with Gasteiger partial charge in [0.25, 0.3) is 0 Å². The smallest absolute Gasteiger partial charge is 0.322 e. The monoisotopic (exact) mass is 220 g/mol. The van der Waals surface area contributed by atoms with E-state index < -0.39 is 0 Å². The number of esters is 1. The highest BCUT2D eigenvalue weighted by Crippen LogP contribution is 2.29. The van der Waals surface area contributed by atoms with Gasteiger partial charge in [-0.25, -0.2) is 0 Å². The molecule has 1 aromatic rings. The molecule has 1 heterocycles. The number of pyridine rings is 1. The van der Waals surface area contributed by atoms with Crippen LogP contribution in [0.2, 0.25) is 0 Å². The largest absolute Gasteiger partial charge is 0.468 e. The van der Waals surface area contributed by atoms with E-state index in [0.29, 0.717) is 0 Å². The van der Waals surface area contributed by atoms with E-state index in [9.17, 15) is 4.79 Å². The number of carbonyl (C=O) groups excluding carboxylic acids is 1. The van der Waals surface area contributed by atoms with E-state index in [2.05, 4.69) is 21.1 Å². The zero-order valence-electron chi connectivity index (χ0n) is 9.56. The fraction of sp³-hybridized carbons (Fsp3) is 0.500. The first kappa shape index (κ1) is 11.1. The van der Waals surface area contributed by atoms with Gasteiger partial charge < -0.3 is 4.74 Å². The molecule has 16 heavy (non-hydrogen) atoms. The van der Waals surface area contributed by atoms with Gasteiger partial charge in [-0.1, -0.05) is 6.07 Å². The molecule has 1 aliphatic rings. The van der Waals surface area contributed by atoms with Crippen LogP contribution in [-0.4, -0.2) is 24.1 Å². The van der Waals surface area contributed by atoms with Gasteiger partial charge in [0.2, 0.25) is 0 Å². The van der Waals surface area contributed by atoms with E-state index in [1.807, 2.05) is 13.0 Å². The molecule has 2 rings (SSSR count). The van der Waals surface area contributed by atoms with Gasteiger partial charge in [0.15, 0.2) is 0 Å². The number of nitrogens with zero attached hydrogens (tertiary/aromatic N) is 1. The highest BCUT2D eigenvalue weighted by Gasteiger charge is 2.26. The molecule has 0 aliphatic heterocycles. The minimum Gasteiger partial charge on any atom is -0.468 e. The van der Waals surface area contributed by atoms with Crippen LogP contribution in [0.4, 0.5) is 0 Å². The number of carbonyl (C=O) groups is 1. The Kier molecular flexibility index (Phi) is 3.19. The Morgan fingerprint density at radius 1 is 1.69 bits per heavy atom. The summed E-state index contributed by atoms with van der Waals surface area (Å²) in [6, 6.07) is 3.92. The normalized spacial score (nSPS) is 20.2. The Bertz CT molecular complexity index is 392. The maximum absolute atomic E-state index is 11.3. The number of nitrogens with one attached hydrogen (secondary N) is 1. The number of aromatic nitrogens is 1. The number of fused-ring (bicyclic) bond motifs is 1. The summed E-state index contributed by atoms with van der Waals surface area (Å²) in [5.74, 6) is -0.232. The quantitative estimate of drug-likeness (QED) is 0.778. The van der Waals surface area contributed by atoms with Gasteiger partial charge in [0.1, 0.15) is 6.04 Å². The lowest BCUT2D eigenvalue weighted by molar-refractivity contribution is -0.142. The molecule has 0 bridgehead atoms. The van der Waals surface area contributed by atoms with Crippen LogP contribution >= 0.6 is 0 Å². The first-order chi connectivity index (χ1) is 7.72. The summed E-state index contributed by atoms with van der Waals surface area (Å²) in [5.41, 5.74) is 2.34. The third-order valence-corrected chi connectivity index (χ3v) is 2.96. The molecule has 0 saturated carbocycles. The highest BCUT2D eigenvalue weighted by atomic mass is 16.5. The molecule has 0 saturated heterocycles. The summed E-state index contributed by atoms with van der Waals surface area (Å²) < 4.78 is 4.69. The van der Waals surface area contributed by atoms with E-state index in [1.165, 1.54) is 12.7 Å². The molecule has 4 heteroatoms. The molecule has 4 nitrogen and oxygen atoms in total. The van der Waals surface area contributed by atoms with Crippen LogP contribution in [-0.2, 0) is 16.0 Å². The standard InChI is InChI=1S/C12H16N2O2/c1-8(12(15)16-2)14-10-6-5-9-4-3-7-13-11(9)10/h3-4,7-8,10,14H,5-6H2,1-2H3/t8-,10?/m0/s1. The van der Waals surface area contributed by atoms with Crippen molar-refractivity contribution in [3.05, 3.63) is 29.6 Å². The van der Waals surface area contributed by atoms with Crippen LogP contribution in [0.1, 0.15) is 30.6 Å². The van der Waals surface area contributed by atoms with Crippen molar-refractivity contribution >= 4 is 5.97 Å². The first-order valence-electron chi connectivity index (χ1n) is 5.50. The summed E-state index contributed by atoms with van der Waals surface area (Å²) in [7, 11) is 1.40.